The summed E-state index contributed by atoms with van der Waals surface area (Å²) in [4.78, 5) is 12.3. The largest absolute Gasteiger partial charge is 0.493 e. The lowest BCUT2D eigenvalue weighted by atomic mass is 10.2. The van der Waals surface area contributed by atoms with Crippen LogP contribution in [-0.2, 0) is 14.8 Å². The van der Waals surface area contributed by atoms with Gasteiger partial charge < -0.3 is 19.3 Å². The van der Waals surface area contributed by atoms with Gasteiger partial charge in [-0.15, -0.1) is 0 Å². The molecule has 3 aromatic rings. The molecule has 0 atom stereocenters. The Morgan fingerprint density at radius 1 is 1.12 bits per heavy atom. The summed E-state index contributed by atoms with van der Waals surface area (Å²) in [7, 11) is -2.31. The van der Waals surface area contributed by atoms with Gasteiger partial charge in [0.15, 0.2) is 11.5 Å². The molecule has 1 heterocycles. The number of methoxy groups -OCH3 is 1. The highest BCUT2D eigenvalue weighted by atomic mass is 32.2. The highest BCUT2D eigenvalue weighted by molar-refractivity contribution is 7.92. The third-order valence-corrected chi connectivity index (χ3v) is 6.08. The second-order valence-electron chi connectivity index (χ2n) is 7.02. The Bertz CT molecular complexity index is 1260. The van der Waals surface area contributed by atoms with Gasteiger partial charge in [0.25, 0.3) is 10.0 Å². The molecule has 10 heteroatoms. The fourth-order valence-electron chi connectivity index (χ4n) is 2.83. The van der Waals surface area contributed by atoms with Crippen molar-refractivity contribution in [2.24, 2.45) is 0 Å². The number of benzene rings is 2. The molecule has 0 aliphatic heterocycles. The maximum Gasteiger partial charge on any atom is 0.264 e. The monoisotopic (exact) mass is 471 g/mol. The molecule has 2 N–H and O–H groups in total. The first-order chi connectivity index (χ1) is 15.7. The average molecular weight is 472 g/mol. The minimum absolute atomic E-state index is 0.0194. The number of ether oxygens (including phenoxy) is 2. The van der Waals surface area contributed by atoms with Gasteiger partial charge in [-0.25, -0.2) is 13.1 Å². The molecule has 2 aromatic carbocycles. The number of aromatic nitrogens is 1. The van der Waals surface area contributed by atoms with Crippen LogP contribution in [0.3, 0.4) is 0 Å². The molecular formula is C23H25N3O6S. The van der Waals surface area contributed by atoms with Crippen molar-refractivity contribution < 1.29 is 27.2 Å². The molecule has 33 heavy (non-hydrogen) atoms. The van der Waals surface area contributed by atoms with Gasteiger partial charge in [-0.1, -0.05) is 11.2 Å². The van der Waals surface area contributed by atoms with Crippen molar-refractivity contribution in [3.05, 3.63) is 65.4 Å². The van der Waals surface area contributed by atoms with Crippen LogP contribution in [0, 0.1) is 13.8 Å². The molecule has 0 aliphatic rings. The zero-order valence-corrected chi connectivity index (χ0v) is 19.5. The van der Waals surface area contributed by atoms with Crippen molar-refractivity contribution >= 4 is 33.6 Å². The maximum atomic E-state index is 12.6. The van der Waals surface area contributed by atoms with E-state index in [-0.39, 0.29) is 16.7 Å². The standard InChI is InChI=1S/C23H25N3O6S/c1-5-31-20-12-6-17(14-21(20)30-4)7-13-22(27)24-18-8-10-19(11-9-18)33(28,29)26-23-15(2)16(3)25-32-23/h6-14,26H,5H2,1-4H3,(H,24,27)/b13-7+. The first-order valence-corrected chi connectivity index (χ1v) is 11.6. The molecule has 0 saturated carbocycles. The summed E-state index contributed by atoms with van der Waals surface area (Å²) in [5.41, 5.74) is 2.41. The zero-order chi connectivity index (χ0) is 24.0. The Morgan fingerprint density at radius 3 is 2.45 bits per heavy atom. The molecule has 174 valence electrons. The van der Waals surface area contributed by atoms with Gasteiger partial charge in [0.2, 0.25) is 11.8 Å². The summed E-state index contributed by atoms with van der Waals surface area (Å²) in [6.45, 7) is 5.83. The predicted octanol–water partition coefficient (Wildman–Crippen LogP) is 4.15. The van der Waals surface area contributed by atoms with Gasteiger partial charge in [0.1, 0.15) is 0 Å². The Hall–Kier alpha value is -3.79. The number of nitrogens with one attached hydrogen (secondary N) is 2. The highest BCUT2D eigenvalue weighted by Gasteiger charge is 2.19. The van der Waals surface area contributed by atoms with Gasteiger partial charge in [0.05, 0.1) is 24.3 Å². The van der Waals surface area contributed by atoms with E-state index >= 15 is 0 Å². The van der Waals surface area contributed by atoms with E-state index in [0.717, 1.165) is 5.56 Å². The van der Waals surface area contributed by atoms with E-state index in [1.165, 1.54) is 30.3 Å². The molecule has 9 nitrogen and oxygen atoms in total. The number of aryl methyl sites for hydroxylation is 1. The number of amides is 1. The minimum Gasteiger partial charge on any atom is -0.493 e. The Balaban J connectivity index is 1.64. The smallest absolute Gasteiger partial charge is 0.264 e. The molecule has 0 spiro atoms. The number of carbonyl (C=O) groups excluding carboxylic acids is 1. The number of rotatable bonds is 9. The quantitative estimate of drug-likeness (QED) is 0.450. The fourth-order valence-corrected chi connectivity index (χ4v) is 3.87. The topological polar surface area (TPSA) is 120 Å². The Labute approximate surface area is 192 Å². The van der Waals surface area contributed by atoms with Crippen LogP contribution in [-0.4, -0.2) is 33.2 Å². The third kappa shape index (κ3) is 5.92. The molecule has 0 bridgehead atoms. The van der Waals surface area contributed by atoms with E-state index in [1.807, 2.05) is 13.0 Å². The highest BCUT2D eigenvalue weighted by Crippen LogP contribution is 2.28. The maximum absolute atomic E-state index is 12.6. The lowest BCUT2D eigenvalue weighted by Gasteiger charge is -2.09. The van der Waals surface area contributed by atoms with E-state index in [1.54, 1.807) is 39.2 Å². The lowest BCUT2D eigenvalue weighted by Crippen LogP contribution is -2.13. The van der Waals surface area contributed by atoms with Crippen LogP contribution >= 0.6 is 0 Å². The summed E-state index contributed by atoms with van der Waals surface area (Å²) >= 11 is 0. The second kappa shape index (κ2) is 10.2. The molecular weight excluding hydrogens is 446 g/mol. The molecule has 0 saturated heterocycles. The Kier molecular flexibility index (Phi) is 7.39. The predicted molar refractivity (Wildman–Crippen MR) is 125 cm³/mol. The third-order valence-electron chi connectivity index (χ3n) is 4.73. The molecule has 1 aromatic heterocycles. The number of carbonyl (C=O) groups is 1. The number of anilines is 2. The molecule has 0 fully saturated rings. The Morgan fingerprint density at radius 2 is 1.85 bits per heavy atom. The first kappa shape index (κ1) is 23.9. The van der Waals surface area contributed by atoms with Gasteiger partial charge in [-0.05, 0) is 68.8 Å². The summed E-state index contributed by atoms with van der Waals surface area (Å²) in [5, 5.41) is 6.42. The number of nitrogens with zero attached hydrogens (tertiary/aromatic N) is 1. The summed E-state index contributed by atoms with van der Waals surface area (Å²) < 4.78 is 43.3. The molecule has 0 aliphatic carbocycles. The number of hydrogen-bond donors (Lipinski definition) is 2. The molecule has 3 rings (SSSR count). The van der Waals surface area contributed by atoms with Gasteiger partial charge in [-0.3, -0.25) is 4.79 Å². The first-order valence-electron chi connectivity index (χ1n) is 10.1. The summed E-state index contributed by atoms with van der Waals surface area (Å²) in [6.07, 6.45) is 3.01. The van der Waals surface area contributed by atoms with Crippen LogP contribution in [0.15, 0.2) is 58.0 Å². The van der Waals surface area contributed by atoms with Crippen molar-refractivity contribution in [2.45, 2.75) is 25.7 Å². The minimum atomic E-state index is -3.86. The number of hydrogen-bond acceptors (Lipinski definition) is 7. The normalized spacial score (nSPS) is 11.4. The van der Waals surface area contributed by atoms with E-state index < -0.39 is 10.0 Å². The SMILES string of the molecule is CCOc1ccc(/C=C/C(=O)Nc2ccc(S(=O)(=O)Nc3onc(C)c3C)cc2)cc1OC. The molecule has 1 amide bonds. The molecule has 0 unspecified atom stereocenters. The molecule has 0 radical (unpaired) electrons. The fraction of sp³-hybridized carbons (Fsp3) is 0.217. The van der Waals surface area contributed by atoms with E-state index in [4.69, 9.17) is 14.0 Å². The van der Waals surface area contributed by atoms with E-state index in [0.29, 0.717) is 35.1 Å². The van der Waals surface area contributed by atoms with Gasteiger partial charge >= 0.3 is 0 Å². The second-order valence-corrected chi connectivity index (χ2v) is 8.70. The van der Waals surface area contributed by atoms with Crippen LogP contribution < -0.4 is 19.5 Å². The average Bonchev–Trinajstić information content (AvgIpc) is 3.10. The van der Waals surface area contributed by atoms with Crippen LogP contribution in [0.25, 0.3) is 6.08 Å². The lowest BCUT2D eigenvalue weighted by molar-refractivity contribution is -0.111. The van der Waals surface area contributed by atoms with Gasteiger partial charge in [-0.2, -0.15) is 0 Å². The number of sulfonamides is 1. The van der Waals surface area contributed by atoms with Crippen LogP contribution in [0.4, 0.5) is 11.6 Å². The van der Waals surface area contributed by atoms with Crippen LogP contribution in [0.2, 0.25) is 0 Å². The van der Waals surface area contributed by atoms with E-state index in [2.05, 4.69) is 15.2 Å². The van der Waals surface area contributed by atoms with Gasteiger partial charge in [0, 0.05) is 17.3 Å². The van der Waals surface area contributed by atoms with Crippen molar-refractivity contribution in [1.82, 2.24) is 5.16 Å². The van der Waals surface area contributed by atoms with Crippen LogP contribution in [0.1, 0.15) is 23.7 Å². The van der Waals surface area contributed by atoms with Crippen molar-refractivity contribution in [2.75, 3.05) is 23.8 Å². The van der Waals surface area contributed by atoms with Crippen LogP contribution in [0.5, 0.6) is 11.5 Å². The summed E-state index contributed by atoms with van der Waals surface area (Å²) in [6, 6.07) is 11.1. The summed E-state index contributed by atoms with van der Waals surface area (Å²) in [5.74, 6) is 0.894. The van der Waals surface area contributed by atoms with Crippen molar-refractivity contribution in [3.63, 3.8) is 0 Å². The zero-order valence-electron chi connectivity index (χ0n) is 18.7. The van der Waals surface area contributed by atoms with E-state index in [9.17, 15) is 13.2 Å². The van der Waals surface area contributed by atoms with Crippen molar-refractivity contribution in [3.8, 4) is 11.5 Å². The van der Waals surface area contributed by atoms with Crippen molar-refractivity contribution in [1.29, 1.82) is 0 Å².